The Kier molecular flexibility index (Phi) is 2.33. The molecule has 0 radical (unpaired) electrons. The zero-order valence-corrected chi connectivity index (χ0v) is 7.44. The molecular formula is C8H7ClO3. The van der Waals surface area contributed by atoms with Gasteiger partial charge in [-0.2, -0.15) is 0 Å². The van der Waals surface area contributed by atoms with Crippen LogP contribution >= 0.6 is 11.6 Å². The zero-order chi connectivity index (χ0) is 9.30. The van der Waals surface area contributed by atoms with Crippen molar-refractivity contribution in [1.29, 1.82) is 0 Å². The van der Waals surface area contributed by atoms with Gasteiger partial charge in [-0.3, -0.25) is 9.59 Å². The van der Waals surface area contributed by atoms with E-state index in [1.807, 2.05) is 0 Å². The molecule has 0 aromatic carbocycles. The van der Waals surface area contributed by atoms with E-state index < -0.39 is 0 Å². The largest absolute Gasteiger partial charge is 0.491 e. The first kappa shape index (κ1) is 9.00. The molecule has 0 fully saturated rings. The zero-order valence-electron chi connectivity index (χ0n) is 6.68. The van der Waals surface area contributed by atoms with Crippen LogP contribution in [0.5, 0.6) is 0 Å². The lowest BCUT2D eigenvalue weighted by molar-refractivity contribution is -0.117. The number of halogens is 1. The normalized spacial score (nSPS) is 18.1. The second-order valence-corrected chi connectivity index (χ2v) is 2.75. The van der Waals surface area contributed by atoms with E-state index >= 15 is 0 Å². The molecule has 12 heavy (non-hydrogen) atoms. The second kappa shape index (κ2) is 3.11. The van der Waals surface area contributed by atoms with Gasteiger partial charge in [0.1, 0.15) is 5.03 Å². The van der Waals surface area contributed by atoms with Gasteiger partial charge in [-0.1, -0.05) is 11.6 Å². The maximum atomic E-state index is 11.2. The minimum Gasteiger partial charge on any atom is -0.491 e. The van der Waals surface area contributed by atoms with E-state index in [1.54, 1.807) is 6.92 Å². The quantitative estimate of drug-likeness (QED) is 0.578. The number of hydrogen-bond donors (Lipinski definition) is 0. The smallest absolute Gasteiger partial charge is 0.225 e. The first-order valence-corrected chi connectivity index (χ1v) is 3.66. The summed E-state index contributed by atoms with van der Waals surface area (Å²) in [4.78, 5) is 22.2. The van der Waals surface area contributed by atoms with E-state index in [0.717, 1.165) is 0 Å². The lowest BCUT2D eigenvalue weighted by Gasteiger charge is -2.11. The number of carbonyl (C=O) groups is 2. The van der Waals surface area contributed by atoms with Gasteiger partial charge in [-0.15, -0.1) is 0 Å². The van der Waals surface area contributed by atoms with Crippen LogP contribution in [0.1, 0.15) is 6.92 Å². The van der Waals surface area contributed by atoms with Gasteiger partial charge in [0, 0.05) is 5.57 Å². The molecular weight excluding hydrogens is 180 g/mol. The van der Waals surface area contributed by atoms with Crippen LogP contribution < -0.4 is 0 Å². The molecule has 0 bridgehead atoms. The molecule has 0 heterocycles. The fraction of sp³-hybridized carbons (Fsp3) is 0.250. The molecule has 0 saturated heterocycles. The summed E-state index contributed by atoms with van der Waals surface area (Å²) >= 11 is 5.53. The molecule has 3 nitrogen and oxygen atoms in total. The van der Waals surface area contributed by atoms with E-state index in [-0.39, 0.29) is 22.4 Å². The molecule has 1 aliphatic carbocycles. The van der Waals surface area contributed by atoms with Gasteiger partial charge >= 0.3 is 0 Å². The van der Waals surface area contributed by atoms with Crippen molar-refractivity contribution in [3.05, 3.63) is 22.4 Å². The third kappa shape index (κ3) is 1.28. The molecule has 0 aliphatic heterocycles. The highest BCUT2D eigenvalue weighted by molar-refractivity contribution is 6.48. The molecule has 0 amide bonds. The third-order valence-electron chi connectivity index (χ3n) is 1.53. The number of ether oxygens (including phenoxy) is 1. The molecule has 0 N–H and O–H groups in total. The first-order valence-electron chi connectivity index (χ1n) is 3.29. The average Bonchev–Trinajstić information content (AvgIpc) is 2.02. The van der Waals surface area contributed by atoms with E-state index in [4.69, 9.17) is 16.3 Å². The minimum atomic E-state index is -0.384. The molecule has 0 spiro atoms. The van der Waals surface area contributed by atoms with Gasteiger partial charge in [0.15, 0.2) is 5.76 Å². The summed E-state index contributed by atoms with van der Waals surface area (Å²) < 4.78 is 4.69. The van der Waals surface area contributed by atoms with E-state index in [9.17, 15) is 9.59 Å². The van der Waals surface area contributed by atoms with Crippen molar-refractivity contribution >= 4 is 23.2 Å². The van der Waals surface area contributed by atoms with Gasteiger partial charge in [-0.05, 0) is 13.0 Å². The summed E-state index contributed by atoms with van der Waals surface area (Å²) in [6, 6.07) is 0. The van der Waals surface area contributed by atoms with Gasteiger partial charge in [0.05, 0.1) is 7.11 Å². The van der Waals surface area contributed by atoms with Gasteiger partial charge in [-0.25, -0.2) is 0 Å². The number of ketones is 2. The van der Waals surface area contributed by atoms with Gasteiger partial charge in [0.25, 0.3) is 0 Å². The number of methoxy groups -OCH3 is 1. The highest BCUT2D eigenvalue weighted by Gasteiger charge is 2.25. The third-order valence-corrected chi connectivity index (χ3v) is 1.89. The SMILES string of the molecule is COC1=C(Cl)C(=O)C=C(C)C1=O. The topological polar surface area (TPSA) is 43.4 Å². The van der Waals surface area contributed by atoms with Crippen LogP contribution in [0.4, 0.5) is 0 Å². The lowest BCUT2D eigenvalue weighted by Crippen LogP contribution is -2.16. The summed E-state index contributed by atoms with van der Waals surface area (Å²) in [5, 5.41) is -0.145. The Morgan fingerprint density at radius 3 is 2.50 bits per heavy atom. The molecule has 4 heteroatoms. The van der Waals surface area contributed by atoms with Crippen LogP contribution in [0.15, 0.2) is 22.4 Å². The van der Waals surface area contributed by atoms with Crippen LogP contribution in [0.3, 0.4) is 0 Å². The monoisotopic (exact) mass is 186 g/mol. The molecule has 1 aliphatic rings. The van der Waals surface area contributed by atoms with Crippen molar-refractivity contribution in [1.82, 2.24) is 0 Å². The van der Waals surface area contributed by atoms with Crippen LogP contribution in [0.2, 0.25) is 0 Å². The molecule has 0 unspecified atom stereocenters. The van der Waals surface area contributed by atoms with E-state index in [2.05, 4.69) is 0 Å². The number of Topliss-reactive ketones (excluding diaryl/α,β-unsaturated/α-hetero) is 1. The fourth-order valence-corrected chi connectivity index (χ4v) is 1.12. The molecule has 0 aromatic heterocycles. The van der Waals surface area contributed by atoms with E-state index in [0.29, 0.717) is 5.57 Å². The highest BCUT2D eigenvalue weighted by Crippen LogP contribution is 2.21. The Balaban J connectivity index is 3.17. The Hall–Kier alpha value is -1.09. The Morgan fingerprint density at radius 1 is 1.42 bits per heavy atom. The summed E-state index contributed by atoms with van der Waals surface area (Å²) in [6.45, 7) is 1.54. The lowest BCUT2D eigenvalue weighted by atomic mass is 10.0. The Bertz CT molecular complexity index is 312. The molecule has 0 saturated carbocycles. The molecule has 0 aromatic rings. The number of allylic oxidation sites excluding steroid dienone is 3. The van der Waals surface area contributed by atoms with Crippen LogP contribution in [0.25, 0.3) is 0 Å². The van der Waals surface area contributed by atoms with Crippen molar-refractivity contribution < 1.29 is 14.3 Å². The maximum Gasteiger partial charge on any atom is 0.225 e. The number of carbonyl (C=O) groups excluding carboxylic acids is 2. The van der Waals surface area contributed by atoms with Crippen LogP contribution in [-0.2, 0) is 14.3 Å². The first-order chi connectivity index (χ1) is 5.57. The molecule has 1 rings (SSSR count). The number of rotatable bonds is 1. The summed E-state index contributed by atoms with van der Waals surface area (Å²) in [5.41, 5.74) is 0.348. The van der Waals surface area contributed by atoms with Crippen LogP contribution in [0, 0.1) is 0 Å². The van der Waals surface area contributed by atoms with Gasteiger partial charge < -0.3 is 4.74 Å². The maximum absolute atomic E-state index is 11.2. The number of hydrogen-bond acceptors (Lipinski definition) is 3. The molecule has 0 atom stereocenters. The Morgan fingerprint density at radius 2 is 2.00 bits per heavy atom. The van der Waals surface area contributed by atoms with Crippen molar-refractivity contribution in [2.24, 2.45) is 0 Å². The van der Waals surface area contributed by atoms with Crippen molar-refractivity contribution in [3.8, 4) is 0 Å². The van der Waals surface area contributed by atoms with Crippen molar-refractivity contribution in [2.45, 2.75) is 6.92 Å². The van der Waals surface area contributed by atoms with Crippen LogP contribution in [-0.4, -0.2) is 18.7 Å². The predicted octanol–water partition coefficient (Wildman–Crippen LogP) is 1.18. The highest BCUT2D eigenvalue weighted by atomic mass is 35.5. The summed E-state index contributed by atoms with van der Waals surface area (Å²) in [6.07, 6.45) is 1.20. The van der Waals surface area contributed by atoms with Crippen molar-refractivity contribution in [3.63, 3.8) is 0 Å². The van der Waals surface area contributed by atoms with Gasteiger partial charge in [0.2, 0.25) is 11.6 Å². The average molecular weight is 187 g/mol. The van der Waals surface area contributed by atoms with Crippen molar-refractivity contribution in [2.75, 3.05) is 7.11 Å². The standard InChI is InChI=1S/C8H7ClO3/c1-4-3-5(10)6(9)8(12-2)7(4)11/h3H,1-2H3. The summed E-state index contributed by atoms with van der Waals surface area (Å²) in [5.74, 6) is -0.783. The van der Waals surface area contributed by atoms with E-state index in [1.165, 1.54) is 13.2 Å². The second-order valence-electron chi connectivity index (χ2n) is 2.37. The summed E-state index contributed by atoms with van der Waals surface area (Å²) in [7, 11) is 1.31. The minimum absolute atomic E-state index is 0.0679. The Labute approximate surface area is 74.6 Å². The molecule has 64 valence electrons. The fourth-order valence-electron chi connectivity index (χ4n) is 0.899. The predicted molar refractivity (Wildman–Crippen MR) is 43.7 cm³/mol.